The van der Waals surface area contributed by atoms with Gasteiger partial charge in [0.15, 0.2) is 0 Å². The molecule has 5 nitrogen and oxygen atoms in total. The molecule has 1 unspecified atom stereocenters. The minimum atomic E-state index is 0.0305. The molecule has 1 atom stereocenters. The Kier molecular flexibility index (Phi) is 4.29. The van der Waals surface area contributed by atoms with Crippen LogP contribution in [0.1, 0.15) is 42.8 Å². The lowest BCUT2D eigenvalue weighted by molar-refractivity contribution is 0.506. The number of hydrazine groups is 1. The Morgan fingerprint density at radius 2 is 2.16 bits per heavy atom. The number of nitrogens with one attached hydrogen (secondary N) is 1. The fourth-order valence-electron chi connectivity index (χ4n) is 2.02. The van der Waals surface area contributed by atoms with Crippen molar-refractivity contribution in [1.82, 2.24) is 20.2 Å². The maximum atomic E-state index is 5.66. The Balaban J connectivity index is 2.14. The van der Waals surface area contributed by atoms with E-state index >= 15 is 0 Å². The zero-order valence-electron chi connectivity index (χ0n) is 11.7. The van der Waals surface area contributed by atoms with E-state index < -0.39 is 0 Å². The van der Waals surface area contributed by atoms with Gasteiger partial charge in [-0.25, -0.2) is 0 Å². The smallest absolute Gasteiger partial charge is 0.0644 e. The fraction of sp³-hybridized carbons (Fsp3) is 0.429. The summed E-state index contributed by atoms with van der Waals surface area (Å²) in [5.41, 5.74) is 6.08. The van der Waals surface area contributed by atoms with Crippen LogP contribution in [0, 0.1) is 6.92 Å². The molecule has 0 radical (unpaired) electrons. The third kappa shape index (κ3) is 3.39. The van der Waals surface area contributed by atoms with E-state index in [0.717, 1.165) is 23.2 Å². The summed E-state index contributed by atoms with van der Waals surface area (Å²) in [7, 11) is 0. The quantitative estimate of drug-likeness (QED) is 0.636. The molecule has 0 saturated carbocycles. The predicted octanol–water partition coefficient (Wildman–Crippen LogP) is 1.91. The minimum absolute atomic E-state index is 0.0305. The van der Waals surface area contributed by atoms with Gasteiger partial charge in [-0.15, -0.1) is 0 Å². The van der Waals surface area contributed by atoms with Crippen molar-refractivity contribution in [1.29, 1.82) is 0 Å². The van der Waals surface area contributed by atoms with Gasteiger partial charge >= 0.3 is 0 Å². The zero-order valence-corrected chi connectivity index (χ0v) is 11.7. The lowest BCUT2D eigenvalue weighted by Gasteiger charge is -2.15. The van der Waals surface area contributed by atoms with Crippen molar-refractivity contribution in [3.63, 3.8) is 0 Å². The lowest BCUT2D eigenvalue weighted by atomic mass is 10.0. The first-order valence-electron chi connectivity index (χ1n) is 6.52. The zero-order chi connectivity index (χ0) is 13.8. The van der Waals surface area contributed by atoms with Crippen LogP contribution in [-0.4, -0.2) is 14.8 Å². The summed E-state index contributed by atoms with van der Waals surface area (Å²) < 4.78 is 1.96. The van der Waals surface area contributed by atoms with Crippen LogP contribution in [0.5, 0.6) is 0 Å². The van der Waals surface area contributed by atoms with E-state index in [1.165, 1.54) is 0 Å². The van der Waals surface area contributed by atoms with Gasteiger partial charge in [0.2, 0.25) is 0 Å². The topological polar surface area (TPSA) is 68.8 Å². The maximum absolute atomic E-state index is 5.66. The van der Waals surface area contributed by atoms with Gasteiger partial charge in [0.25, 0.3) is 0 Å². The summed E-state index contributed by atoms with van der Waals surface area (Å²) in [5.74, 6) is 5.66. The standard InChI is InChI=1S/C14H21N5/c1-10(2)19-5-4-13(18-19)7-14(17-15)12-6-11(3)8-16-9-12/h4-6,8-10,14,17H,7,15H2,1-3H3. The Bertz CT molecular complexity index is 532. The Labute approximate surface area is 113 Å². The number of aromatic nitrogens is 3. The van der Waals surface area contributed by atoms with Crippen LogP contribution in [0.25, 0.3) is 0 Å². The highest BCUT2D eigenvalue weighted by Crippen LogP contribution is 2.17. The van der Waals surface area contributed by atoms with Gasteiger partial charge in [0.05, 0.1) is 11.7 Å². The molecule has 0 saturated heterocycles. The normalized spacial score (nSPS) is 12.9. The van der Waals surface area contributed by atoms with Gasteiger partial charge in [0, 0.05) is 31.1 Å². The number of rotatable bonds is 5. The van der Waals surface area contributed by atoms with E-state index in [-0.39, 0.29) is 6.04 Å². The maximum Gasteiger partial charge on any atom is 0.0644 e. The molecule has 0 fully saturated rings. The molecule has 102 valence electrons. The highest BCUT2D eigenvalue weighted by molar-refractivity contribution is 5.21. The molecule has 19 heavy (non-hydrogen) atoms. The van der Waals surface area contributed by atoms with Crippen molar-refractivity contribution in [3.05, 3.63) is 47.5 Å². The molecule has 2 heterocycles. The van der Waals surface area contributed by atoms with Crippen LogP contribution in [0.4, 0.5) is 0 Å². The molecule has 0 amide bonds. The first-order chi connectivity index (χ1) is 9.10. The Morgan fingerprint density at radius 1 is 1.37 bits per heavy atom. The van der Waals surface area contributed by atoms with Crippen LogP contribution in [-0.2, 0) is 6.42 Å². The van der Waals surface area contributed by atoms with Crippen molar-refractivity contribution in [2.24, 2.45) is 5.84 Å². The summed E-state index contributed by atoms with van der Waals surface area (Å²) in [4.78, 5) is 4.21. The van der Waals surface area contributed by atoms with Crippen LogP contribution in [0.2, 0.25) is 0 Å². The fourth-order valence-corrected chi connectivity index (χ4v) is 2.02. The van der Waals surface area contributed by atoms with Crippen molar-refractivity contribution >= 4 is 0 Å². The lowest BCUT2D eigenvalue weighted by Crippen LogP contribution is -2.29. The van der Waals surface area contributed by atoms with Gasteiger partial charge in [-0.05, 0) is 38.0 Å². The molecule has 2 rings (SSSR count). The summed E-state index contributed by atoms with van der Waals surface area (Å²) in [6, 6.07) is 4.53. The van der Waals surface area contributed by atoms with Gasteiger partial charge in [0.1, 0.15) is 0 Å². The molecule has 2 aromatic heterocycles. The van der Waals surface area contributed by atoms with Gasteiger partial charge < -0.3 is 0 Å². The van der Waals surface area contributed by atoms with E-state index in [4.69, 9.17) is 5.84 Å². The predicted molar refractivity (Wildman–Crippen MR) is 75.4 cm³/mol. The molecule has 0 aliphatic heterocycles. The van der Waals surface area contributed by atoms with Crippen LogP contribution in [0.3, 0.4) is 0 Å². The third-order valence-electron chi connectivity index (χ3n) is 3.11. The molecule has 0 bridgehead atoms. The molecule has 2 aromatic rings. The number of hydrogen-bond acceptors (Lipinski definition) is 4. The number of nitrogens with two attached hydrogens (primary N) is 1. The third-order valence-corrected chi connectivity index (χ3v) is 3.11. The van der Waals surface area contributed by atoms with E-state index in [1.54, 1.807) is 0 Å². The first kappa shape index (κ1) is 13.7. The number of hydrogen-bond donors (Lipinski definition) is 2. The van der Waals surface area contributed by atoms with E-state index in [2.05, 4.69) is 35.4 Å². The molecule has 0 aliphatic carbocycles. The van der Waals surface area contributed by atoms with Gasteiger partial charge in [-0.3, -0.25) is 20.9 Å². The molecular weight excluding hydrogens is 238 g/mol. The molecule has 0 aliphatic rings. The minimum Gasteiger partial charge on any atom is -0.271 e. The monoisotopic (exact) mass is 259 g/mol. The Morgan fingerprint density at radius 3 is 2.74 bits per heavy atom. The SMILES string of the molecule is Cc1cncc(C(Cc2ccn(C(C)C)n2)NN)c1. The van der Waals surface area contributed by atoms with E-state index in [1.807, 2.05) is 36.3 Å². The highest BCUT2D eigenvalue weighted by atomic mass is 15.3. The van der Waals surface area contributed by atoms with Crippen LogP contribution >= 0.6 is 0 Å². The number of pyridine rings is 1. The summed E-state index contributed by atoms with van der Waals surface area (Å²) >= 11 is 0. The Hall–Kier alpha value is -1.72. The summed E-state index contributed by atoms with van der Waals surface area (Å²) in [5, 5.41) is 4.55. The van der Waals surface area contributed by atoms with Gasteiger partial charge in [-0.2, -0.15) is 5.10 Å². The second kappa shape index (κ2) is 5.95. The van der Waals surface area contributed by atoms with E-state index in [9.17, 15) is 0 Å². The molecule has 0 spiro atoms. The summed E-state index contributed by atoms with van der Waals surface area (Å²) in [6.45, 7) is 6.25. The second-order valence-corrected chi connectivity index (χ2v) is 5.10. The molecule has 3 N–H and O–H groups in total. The van der Waals surface area contributed by atoms with Crippen LogP contribution in [0.15, 0.2) is 30.7 Å². The van der Waals surface area contributed by atoms with Crippen molar-refractivity contribution < 1.29 is 0 Å². The van der Waals surface area contributed by atoms with E-state index in [0.29, 0.717) is 6.04 Å². The summed E-state index contributed by atoms with van der Waals surface area (Å²) in [6.07, 6.45) is 6.44. The molecule has 5 heteroatoms. The average Bonchev–Trinajstić information content (AvgIpc) is 2.84. The number of nitrogens with zero attached hydrogens (tertiary/aromatic N) is 3. The van der Waals surface area contributed by atoms with Gasteiger partial charge in [-0.1, -0.05) is 6.07 Å². The number of aryl methyl sites for hydroxylation is 1. The van der Waals surface area contributed by atoms with Crippen LogP contribution < -0.4 is 11.3 Å². The molecule has 0 aromatic carbocycles. The van der Waals surface area contributed by atoms with Crippen molar-refractivity contribution in [2.75, 3.05) is 0 Å². The average molecular weight is 259 g/mol. The second-order valence-electron chi connectivity index (χ2n) is 5.10. The van der Waals surface area contributed by atoms with Crippen molar-refractivity contribution in [3.8, 4) is 0 Å². The van der Waals surface area contributed by atoms with Crippen molar-refractivity contribution in [2.45, 2.75) is 39.3 Å². The largest absolute Gasteiger partial charge is 0.271 e. The molecular formula is C14H21N5. The highest BCUT2D eigenvalue weighted by Gasteiger charge is 2.13. The first-order valence-corrected chi connectivity index (χ1v) is 6.52.